The van der Waals surface area contributed by atoms with Gasteiger partial charge in [0.15, 0.2) is 0 Å². The molecule has 0 saturated heterocycles. The fourth-order valence-corrected chi connectivity index (χ4v) is 3.08. The van der Waals surface area contributed by atoms with Crippen LogP contribution in [-0.2, 0) is 4.79 Å². The van der Waals surface area contributed by atoms with Gasteiger partial charge in [-0.25, -0.2) is 0 Å². The summed E-state index contributed by atoms with van der Waals surface area (Å²) in [4.78, 5) is 12.2. The molecule has 3 rings (SSSR count). The number of thioether (sulfide) groups is 1. The van der Waals surface area contributed by atoms with Gasteiger partial charge in [0.05, 0.1) is 18.6 Å². The van der Waals surface area contributed by atoms with Crippen LogP contribution in [0.5, 0.6) is 5.75 Å². The van der Waals surface area contributed by atoms with Crippen LogP contribution in [0.15, 0.2) is 47.6 Å². The summed E-state index contributed by atoms with van der Waals surface area (Å²) in [5.74, 6) is 0.748. The van der Waals surface area contributed by atoms with Gasteiger partial charge < -0.3 is 10.1 Å². The Balaban J connectivity index is 1.66. The molecule has 0 aliphatic rings. The van der Waals surface area contributed by atoms with Crippen LogP contribution in [-0.4, -0.2) is 39.0 Å². The van der Waals surface area contributed by atoms with Gasteiger partial charge in [0.25, 0.3) is 0 Å². The van der Waals surface area contributed by atoms with Gasteiger partial charge in [-0.3, -0.25) is 4.79 Å². The summed E-state index contributed by atoms with van der Waals surface area (Å²) in [6.45, 7) is 1.94. The number of halogens is 1. The van der Waals surface area contributed by atoms with Gasteiger partial charge in [-0.05, 0) is 59.3 Å². The highest BCUT2D eigenvalue weighted by molar-refractivity contribution is 7.99. The molecule has 134 valence electrons. The Bertz CT molecular complexity index is 914. The molecule has 26 heavy (non-hydrogen) atoms. The number of hydrogen-bond donors (Lipinski definition) is 1. The van der Waals surface area contributed by atoms with Gasteiger partial charge in [0.1, 0.15) is 5.75 Å². The van der Waals surface area contributed by atoms with Crippen LogP contribution in [0.25, 0.3) is 5.69 Å². The van der Waals surface area contributed by atoms with Crippen molar-refractivity contribution in [3.05, 3.63) is 53.1 Å². The summed E-state index contributed by atoms with van der Waals surface area (Å²) in [5.41, 5.74) is 2.45. The second-order valence-electron chi connectivity index (χ2n) is 5.37. The van der Waals surface area contributed by atoms with Crippen molar-refractivity contribution < 1.29 is 9.53 Å². The first-order valence-corrected chi connectivity index (χ1v) is 9.05. The number of aromatic nitrogens is 4. The standard InChI is InChI=1S/C17H16ClN5O2S/c1-11-3-4-12(18)9-15(11)23-17(20-21-22-23)26-10-16(24)19-13-5-7-14(25-2)8-6-13/h3-9H,10H2,1-2H3,(H,19,24). The molecule has 2 aromatic carbocycles. The lowest BCUT2D eigenvalue weighted by molar-refractivity contribution is -0.113. The van der Waals surface area contributed by atoms with Gasteiger partial charge in [0.2, 0.25) is 11.1 Å². The molecule has 7 nitrogen and oxygen atoms in total. The quantitative estimate of drug-likeness (QED) is 0.651. The maximum atomic E-state index is 12.2. The maximum Gasteiger partial charge on any atom is 0.234 e. The van der Waals surface area contributed by atoms with Gasteiger partial charge in [0, 0.05) is 10.7 Å². The summed E-state index contributed by atoms with van der Waals surface area (Å²) < 4.78 is 6.67. The molecule has 0 saturated carbocycles. The first-order valence-electron chi connectivity index (χ1n) is 7.68. The smallest absolute Gasteiger partial charge is 0.234 e. The van der Waals surface area contributed by atoms with Crippen molar-refractivity contribution in [2.24, 2.45) is 0 Å². The zero-order chi connectivity index (χ0) is 18.5. The Kier molecular flexibility index (Phi) is 5.75. The minimum atomic E-state index is -0.155. The zero-order valence-electron chi connectivity index (χ0n) is 14.1. The SMILES string of the molecule is COc1ccc(NC(=O)CSc2nnnn2-c2cc(Cl)ccc2C)cc1. The molecule has 0 radical (unpaired) electrons. The first-order chi connectivity index (χ1) is 12.6. The van der Waals surface area contributed by atoms with E-state index in [9.17, 15) is 4.79 Å². The lowest BCUT2D eigenvalue weighted by Crippen LogP contribution is -2.14. The van der Waals surface area contributed by atoms with Crippen LogP contribution >= 0.6 is 23.4 Å². The molecule has 0 spiro atoms. The number of methoxy groups -OCH3 is 1. The average Bonchev–Trinajstić information content (AvgIpc) is 3.11. The van der Waals surface area contributed by atoms with Crippen molar-refractivity contribution in [1.82, 2.24) is 20.2 Å². The van der Waals surface area contributed by atoms with E-state index in [0.717, 1.165) is 17.0 Å². The van der Waals surface area contributed by atoms with Crippen LogP contribution in [0.1, 0.15) is 5.56 Å². The number of aryl methyl sites for hydroxylation is 1. The number of nitrogens with one attached hydrogen (secondary N) is 1. The molecule has 0 bridgehead atoms. The minimum Gasteiger partial charge on any atom is -0.497 e. The summed E-state index contributed by atoms with van der Waals surface area (Å²) in [5, 5.41) is 15.6. The Hall–Kier alpha value is -2.58. The largest absolute Gasteiger partial charge is 0.497 e. The fraction of sp³-hybridized carbons (Fsp3) is 0.176. The second-order valence-corrected chi connectivity index (χ2v) is 6.75. The normalized spacial score (nSPS) is 10.6. The molecule has 1 aromatic heterocycles. The molecule has 0 aliphatic carbocycles. The lowest BCUT2D eigenvalue weighted by atomic mass is 10.2. The third-order valence-electron chi connectivity index (χ3n) is 3.55. The lowest BCUT2D eigenvalue weighted by Gasteiger charge is -2.08. The van der Waals surface area contributed by atoms with Crippen LogP contribution in [0.4, 0.5) is 5.69 Å². The number of rotatable bonds is 6. The Morgan fingerprint density at radius 1 is 1.27 bits per heavy atom. The molecular weight excluding hydrogens is 374 g/mol. The number of carbonyl (C=O) groups excluding carboxylic acids is 1. The summed E-state index contributed by atoms with van der Waals surface area (Å²) in [7, 11) is 1.59. The van der Waals surface area contributed by atoms with Crippen molar-refractivity contribution in [2.75, 3.05) is 18.2 Å². The van der Waals surface area contributed by atoms with Crippen LogP contribution in [0, 0.1) is 6.92 Å². The van der Waals surface area contributed by atoms with Gasteiger partial charge in [-0.1, -0.05) is 29.4 Å². The highest BCUT2D eigenvalue weighted by Crippen LogP contribution is 2.23. The molecule has 1 amide bonds. The number of carbonyl (C=O) groups is 1. The van der Waals surface area contributed by atoms with E-state index in [4.69, 9.17) is 16.3 Å². The van der Waals surface area contributed by atoms with E-state index in [1.54, 1.807) is 48.2 Å². The number of anilines is 1. The van der Waals surface area contributed by atoms with Gasteiger partial charge in [-0.15, -0.1) is 5.10 Å². The average molecular weight is 390 g/mol. The molecule has 0 aliphatic heterocycles. The summed E-state index contributed by atoms with van der Waals surface area (Å²) >= 11 is 7.31. The first kappa shape index (κ1) is 18.2. The maximum absolute atomic E-state index is 12.2. The van der Waals surface area contributed by atoms with Crippen molar-refractivity contribution in [3.63, 3.8) is 0 Å². The van der Waals surface area contributed by atoms with Gasteiger partial charge >= 0.3 is 0 Å². The molecule has 0 fully saturated rings. The fourth-order valence-electron chi connectivity index (χ4n) is 2.23. The van der Waals surface area contributed by atoms with E-state index < -0.39 is 0 Å². The number of benzene rings is 2. The highest BCUT2D eigenvalue weighted by Gasteiger charge is 2.13. The van der Waals surface area contributed by atoms with Crippen molar-refractivity contribution in [1.29, 1.82) is 0 Å². The Labute approximate surface area is 159 Å². The molecule has 1 N–H and O–H groups in total. The van der Waals surface area contributed by atoms with E-state index in [1.165, 1.54) is 11.8 Å². The third-order valence-corrected chi connectivity index (χ3v) is 4.70. The van der Waals surface area contributed by atoms with E-state index in [1.807, 2.05) is 13.0 Å². The predicted octanol–water partition coefficient (Wildman–Crippen LogP) is 3.36. The van der Waals surface area contributed by atoms with Crippen LogP contribution in [0.3, 0.4) is 0 Å². The minimum absolute atomic E-state index is 0.155. The van der Waals surface area contributed by atoms with E-state index in [0.29, 0.717) is 15.9 Å². The monoisotopic (exact) mass is 389 g/mol. The number of hydrogen-bond acceptors (Lipinski definition) is 6. The molecule has 1 heterocycles. The third kappa shape index (κ3) is 4.33. The van der Waals surface area contributed by atoms with Gasteiger partial charge in [-0.2, -0.15) is 4.68 Å². The van der Waals surface area contributed by atoms with Crippen molar-refractivity contribution in [2.45, 2.75) is 12.1 Å². The van der Waals surface area contributed by atoms with E-state index >= 15 is 0 Å². The zero-order valence-corrected chi connectivity index (χ0v) is 15.7. The van der Waals surface area contributed by atoms with E-state index in [2.05, 4.69) is 20.8 Å². The molecule has 0 atom stereocenters. The second kappa shape index (κ2) is 8.20. The summed E-state index contributed by atoms with van der Waals surface area (Å²) in [6, 6.07) is 12.6. The Morgan fingerprint density at radius 2 is 2.04 bits per heavy atom. The number of tetrazole rings is 1. The molecule has 9 heteroatoms. The molecule has 0 unspecified atom stereocenters. The van der Waals surface area contributed by atoms with Crippen molar-refractivity contribution >= 4 is 35.0 Å². The number of nitrogens with zero attached hydrogens (tertiary/aromatic N) is 4. The molecule has 3 aromatic rings. The predicted molar refractivity (Wildman–Crippen MR) is 101 cm³/mol. The number of ether oxygens (including phenoxy) is 1. The van der Waals surface area contributed by atoms with E-state index in [-0.39, 0.29) is 11.7 Å². The topological polar surface area (TPSA) is 81.9 Å². The summed E-state index contributed by atoms with van der Waals surface area (Å²) in [6.07, 6.45) is 0. The Morgan fingerprint density at radius 3 is 2.77 bits per heavy atom. The van der Waals surface area contributed by atoms with Crippen LogP contribution in [0.2, 0.25) is 5.02 Å². The molecular formula is C17H16ClN5O2S. The number of amides is 1. The van der Waals surface area contributed by atoms with Crippen molar-refractivity contribution in [3.8, 4) is 11.4 Å². The van der Waals surface area contributed by atoms with Crippen LogP contribution < -0.4 is 10.1 Å². The highest BCUT2D eigenvalue weighted by atomic mass is 35.5.